The second-order valence-corrected chi connectivity index (χ2v) is 7.24. The molecule has 1 aliphatic rings. The van der Waals surface area contributed by atoms with E-state index in [0.29, 0.717) is 40.9 Å². The van der Waals surface area contributed by atoms with Gasteiger partial charge in [-0.2, -0.15) is 0 Å². The third-order valence-electron chi connectivity index (χ3n) is 4.29. The highest BCUT2D eigenvalue weighted by Crippen LogP contribution is 2.30. The lowest BCUT2D eigenvalue weighted by Gasteiger charge is -2.19. The molecule has 26 heavy (non-hydrogen) atoms. The maximum Gasteiger partial charge on any atom is 0.326 e. The third-order valence-corrected chi connectivity index (χ3v) is 4.90. The Hall–Kier alpha value is -2.12. The van der Waals surface area contributed by atoms with Gasteiger partial charge in [0.2, 0.25) is 5.82 Å². The van der Waals surface area contributed by atoms with Crippen LogP contribution in [-0.2, 0) is 4.79 Å². The highest BCUT2D eigenvalue weighted by atomic mass is 35.5. The van der Waals surface area contributed by atoms with Gasteiger partial charge in [0.05, 0.1) is 10.0 Å². The first kappa shape index (κ1) is 18.7. The maximum absolute atomic E-state index is 12.8. The average Bonchev–Trinajstić information content (AvgIpc) is 3.21. The largest absolute Gasteiger partial charge is 0.480 e. The maximum atomic E-state index is 12.8. The molecule has 1 N–H and O–H groups in total. The topological polar surface area (TPSA) is 88.3 Å². The minimum atomic E-state index is -1.02. The van der Waals surface area contributed by atoms with E-state index in [2.05, 4.69) is 10.1 Å². The number of amides is 1. The van der Waals surface area contributed by atoms with Gasteiger partial charge in [-0.15, -0.1) is 5.10 Å². The number of hydrogen-bond donors (Lipinski definition) is 1. The van der Waals surface area contributed by atoms with E-state index < -0.39 is 17.9 Å². The third kappa shape index (κ3) is 3.29. The SMILES string of the molecule is CC(C)c1nc(C(=O)N2CCC[C@@H]2C(=O)O)nn1-c1c(Cl)cccc1Cl. The molecule has 0 saturated carbocycles. The van der Waals surface area contributed by atoms with E-state index in [1.807, 2.05) is 13.8 Å². The molecule has 2 aromatic rings. The molecule has 0 spiro atoms. The van der Waals surface area contributed by atoms with Crippen LogP contribution in [0.3, 0.4) is 0 Å². The van der Waals surface area contributed by atoms with Crippen molar-refractivity contribution in [2.75, 3.05) is 6.54 Å². The first-order chi connectivity index (χ1) is 12.3. The van der Waals surface area contributed by atoms with E-state index in [1.54, 1.807) is 18.2 Å². The summed E-state index contributed by atoms with van der Waals surface area (Å²) in [6, 6.07) is 4.22. The highest BCUT2D eigenvalue weighted by Gasteiger charge is 2.36. The van der Waals surface area contributed by atoms with Crippen molar-refractivity contribution in [1.29, 1.82) is 0 Å². The van der Waals surface area contributed by atoms with Gasteiger partial charge < -0.3 is 10.0 Å². The Balaban J connectivity index is 2.06. The second-order valence-electron chi connectivity index (χ2n) is 6.43. The number of para-hydroxylation sites is 1. The Bertz CT molecular complexity index is 845. The fraction of sp³-hybridized carbons (Fsp3) is 0.412. The molecule has 1 aromatic carbocycles. The van der Waals surface area contributed by atoms with Crippen LogP contribution in [-0.4, -0.2) is 49.2 Å². The molecule has 1 aliphatic heterocycles. The molecule has 0 unspecified atom stereocenters. The number of likely N-dealkylation sites (tertiary alicyclic amines) is 1. The average molecular weight is 397 g/mol. The number of rotatable bonds is 4. The molecule has 1 fully saturated rings. The molecule has 1 saturated heterocycles. The molecule has 0 radical (unpaired) electrons. The van der Waals surface area contributed by atoms with Crippen molar-refractivity contribution in [2.45, 2.75) is 38.6 Å². The second kappa shape index (κ2) is 7.25. The van der Waals surface area contributed by atoms with Gasteiger partial charge in [-0.3, -0.25) is 4.79 Å². The Morgan fingerprint density at radius 2 is 1.92 bits per heavy atom. The number of carbonyl (C=O) groups is 2. The summed E-state index contributed by atoms with van der Waals surface area (Å²) in [6.07, 6.45) is 1.06. The predicted octanol–water partition coefficient (Wildman–Crippen LogP) is 3.39. The van der Waals surface area contributed by atoms with Crippen LogP contribution in [0.4, 0.5) is 0 Å². The van der Waals surface area contributed by atoms with Gasteiger partial charge in [-0.25, -0.2) is 14.5 Å². The molecule has 1 atom stereocenters. The summed E-state index contributed by atoms with van der Waals surface area (Å²) < 4.78 is 1.47. The fourth-order valence-electron chi connectivity index (χ4n) is 3.04. The number of carbonyl (C=O) groups excluding carboxylic acids is 1. The van der Waals surface area contributed by atoms with Crippen molar-refractivity contribution >= 4 is 35.1 Å². The van der Waals surface area contributed by atoms with Crippen LogP contribution in [0, 0.1) is 0 Å². The Labute approximate surface area is 160 Å². The van der Waals surface area contributed by atoms with Gasteiger partial charge in [0, 0.05) is 12.5 Å². The summed E-state index contributed by atoms with van der Waals surface area (Å²) in [5.74, 6) is -1.11. The van der Waals surface area contributed by atoms with Crippen molar-refractivity contribution < 1.29 is 14.7 Å². The predicted molar refractivity (Wildman–Crippen MR) is 97.2 cm³/mol. The number of aromatic nitrogens is 3. The first-order valence-corrected chi connectivity index (χ1v) is 9.02. The minimum absolute atomic E-state index is 0.0507. The molecular formula is C17H18Cl2N4O3. The fourth-order valence-corrected chi connectivity index (χ4v) is 3.60. The molecule has 0 aliphatic carbocycles. The number of nitrogens with zero attached hydrogens (tertiary/aromatic N) is 4. The Morgan fingerprint density at radius 1 is 1.27 bits per heavy atom. The number of benzene rings is 1. The molecule has 2 heterocycles. The Kier molecular flexibility index (Phi) is 5.20. The number of carboxylic acid groups (broad SMARTS) is 1. The molecule has 138 valence electrons. The lowest BCUT2D eigenvalue weighted by molar-refractivity contribution is -0.141. The van der Waals surface area contributed by atoms with Gasteiger partial charge in [0.15, 0.2) is 0 Å². The van der Waals surface area contributed by atoms with E-state index >= 15 is 0 Å². The summed E-state index contributed by atoms with van der Waals surface area (Å²) in [7, 11) is 0. The zero-order chi connectivity index (χ0) is 19.0. The summed E-state index contributed by atoms with van der Waals surface area (Å²) in [5.41, 5.74) is 0.447. The summed E-state index contributed by atoms with van der Waals surface area (Å²) >= 11 is 12.6. The van der Waals surface area contributed by atoms with Crippen molar-refractivity contribution in [1.82, 2.24) is 19.7 Å². The summed E-state index contributed by atoms with van der Waals surface area (Å²) in [6.45, 7) is 4.19. The van der Waals surface area contributed by atoms with Gasteiger partial charge in [-0.1, -0.05) is 43.1 Å². The lowest BCUT2D eigenvalue weighted by Crippen LogP contribution is -2.40. The van der Waals surface area contributed by atoms with Crippen LogP contribution in [0.15, 0.2) is 18.2 Å². The molecule has 7 nitrogen and oxygen atoms in total. The zero-order valence-corrected chi connectivity index (χ0v) is 15.8. The summed E-state index contributed by atoms with van der Waals surface area (Å²) in [4.78, 5) is 29.8. The minimum Gasteiger partial charge on any atom is -0.480 e. The molecule has 0 bridgehead atoms. The van der Waals surface area contributed by atoms with E-state index in [9.17, 15) is 14.7 Å². The van der Waals surface area contributed by atoms with Gasteiger partial charge in [-0.05, 0) is 25.0 Å². The summed E-state index contributed by atoms with van der Waals surface area (Å²) in [5, 5.41) is 14.4. The van der Waals surface area contributed by atoms with Gasteiger partial charge in [0.1, 0.15) is 17.6 Å². The van der Waals surface area contributed by atoms with Crippen molar-refractivity contribution in [3.05, 3.63) is 39.9 Å². The zero-order valence-electron chi connectivity index (χ0n) is 14.3. The number of hydrogen-bond acceptors (Lipinski definition) is 4. The van der Waals surface area contributed by atoms with Crippen LogP contribution in [0.2, 0.25) is 10.0 Å². The van der Waals surface area contributed by atoms with Gasteiger partial charge in [0.25, 0.3) is 5.91 Å². The Morgan fingerprint density at radius 3 is 2.50 bits per heavy atom. The standard InChI is InChI=1S/C17H18Cl2N4O3/c1-9(2)15-20-14(16(24)22-8-4-7-12(22)17(25)26)21-23(15)13-10(18)5-3-6-11(13)19/h3,5-6,9,12H,4,7-8H2,1-2H3,(H,25,26)/t12-/m1/s1. The van der Waals surface area contributed by atoms with Crippen molar-refractivity contribution in [3.8, 4) is 5.69 Å². The highest BCUT2D eigenvalue weighted by molar-refractivity contribution is 6.37. The normalized spacial score (nSPS) is 17.1. The van der Waals surface area contributed by atoms with Crippen LogP contribution in [0.1, 0.15) is 49.1 Å². The molecule has 9 heteroatoms. The van der Waals surface area contributed by atoms with Gasteiger partial charge >= 0.3 is 5.97 Å². The van der Waals surface area contributed by atoms with Crippen LogP contribution < -0.4 is 0 Å². The van der Waals surface area contributed by atoms with E-state index in [4.69, 9.17) is 23.2 Å². The van der Waals surface area contributed by atoms with E-state index in [-0.39, 0.29) is 11.7 Å². The molecular weight excluding hydrogens is 379 g/mol. The van der Waals surface area contributed by atoms with Crippen molar-refractivity contribution in [3.63, 3.8) is 0 Å². The van der Waals surface area contributed by atoms with Crippen molar-refractivity contribution in [2.24, 2.45) is 0 Å². The molecule has 3 rings (SSSR count). The smallest absolute Gasteiger partial charge is 0.326 e. The number of aliphatic carboxylic acids is 1. The lowest BCUT2D eigenvalue weighted by atomic mass is 10.2. The quantitative estimate of drug-likeness (QED) is 0.855. The monoisotopic (exact) mass is 396 g/mol. The first-order valence-electron chi connectivity index (χ1n) is 8.26. The van der Waals surface area contributed by atoms with E-state index in [1.165, 1.54) is 9.58 Å². The molecule has 1 amide bonds. The van der Waals surface area contributed by atoms with Crippen LogP contribution in [0.5, 0.6) is 0 Å². The van der Waals surface area contributed by atoms with Crippen LogP contribution in [0.25, 0.3) is 5.69 Å². The van der Waals surface area contributed by atoms with Crippen LogP contribution >= 0.6 is 23.2 Å². The molecule has 1 aromatic heterocycles. The number of carboxylic acids is 1. The number of halogens is 2. The van der Waals surface area contributed by atoms with E-state index in [0.717, 1.165) is 0 Å².